The molecule has 1 aromatic heterocycles. The van der Waals surface area contributed by atoms with Gasteiger partial charge in [0.05, 0.1) is 10.5 Å². The van der Waals surface area contributed by atoms with Gasteiger partial charge < -0.3 is 9.32 Å². The zero-order valence-corrected chi connectivity index (χ0v) is 18.1. The fourth-order valence-electron chi connectivity index (χ4n) is 3.69. The molecule has 0 saturated carbocycles. The molecule has 0 atom stereocenters. The first kappa shape index (κ1) is 20.9. The molecule has 5 nitrogen and oxygen atoms in total. The molecule has 1 aliphatic heterocycles. The molecule has 0 aliphatic carbocycles. The number of aromatic nitrogens is 1. The summed E-state index contributed by atoms with van der Waals surface area (Å²) in [6.45, 7) is 3.47. The standard InChI is InChI=1S/C22H22ClFN2O3S/c1-2-15-11-13-26(14-12-15)22-21(30(27,28)17-9-7-16(23)8-10-17)25-20(29-22)18-5-3-4-6-19(18)24/h3-10,15H,2,11-14H2,1H3. The molecular weight excluding hydrogens is 427 g/mol. The Morgan fingerprint density at radius 1 is 1.13 bits per heavy atom. The largest absolute Gasteiger partial charge is 0.419 e. The van der Waals surface area contributed by atoms with E-state index in [9.17, 15) is 12.8 Å². The minimum atomic E-state index is -3.98. The van der Waals surface area contributed by atoms with Crippen LogP contribution in [0.3, 0.4) is 0 Å². The van der Waals surface area contributed by atoms with Crippen LogP contribution in [0.5, 0.6) is 0 Å². The van der Waals surface area contributed by atoms with Gasteiger partial charge in [-0.3, -0.25) is 0 Å². The molecular formula is C22H22ClFN2O3S. The molecule has 3 aromatic rings. The van der Waals surface area contributed by atoms with Gasteiger partial charge in [0.2, 0.25) is 26.6 Å². The summed E-state index contributed by atoms with van der Waals surface area (Å²) in [7, 11) is -3.98. The summed E-state index contributed by atoms with van der Waals surface area (Å²) in [5.41, 5.74) is 0.125. The van der Waals surface area contributed by atoms with Crippen LogP contribution < -0.4 is 4.90 Å². The lowest BCUT2D eigenvalue weighted by Gasteiger charge is -2.31. The number of halogens is 2. The van der Waals surface area contributed by atoms with E-state index in [0.29, 0.717) is 24.0 Å². The van der Waals surface area contributed by atoms with Crippen LogP contribution in [0.4, 0.5) is 10.3 Å². The summed E-state index contributed by atoms with van der Waals surface area (Å²) in [5.74, 6) is 0.197. The molecule has 0 unspecified atom stereocenters. The van der Waals surface area contributed by atoms with Crippen LogP contribution in [0, 0.1) is 11.7 Å². The van der Waals surface area contributed by atoms with E-state index in [1.807, 2.05) is 4.90 Å². The van der Waals surface area contributed by atoms with Crippen molar-refractivity contribution in [3.8, 4) is 11.5 Å². The van der Waals surface area contributed by atoms with Crippen LogP contribution in [0.2, 0.25) is 5.02 Å². The minimum Gasteiger partial charge on any atom is -0.419 e. The van der Waals surface area contributed by atoms with Gasteiger partial charge in [0.15, 0.2) is 0 Å². The maximum atomic E-state index is 14.3. The van der Waals surface area contributed by atoms with Gasteiger partial charge in [0, 0.05) is 18.1 Å². The Bertz CT molecular complexity index is 1140. The van der Waals surface area contributed by atoms with Gasteiger partial charge in [-0.2, -0.15) is 4.98 Å². The number of hydrogen-bond acceptors (Lipinski definition) is 5. The number of nitrogens with zero attached hydrogens (tertiary/aromatic N) is 2. The summed E-state index contributed by atoms with van der Waals surface area (Å²) < 4.78 is 47.0. The van der Waals surface area contributed by atoms with Gasteiger partial charge >= 0.3 is 0 Å². The first-order valence-electron chi connectivity index (χ1n) is 9.91. The number of benzene rings is 2. The Balaban J connectivity index is 1.82. The summed E-state index contributed by atoms with van der Waals surface area (Å²) in [5, 5.41) is 0.237. The second kappa shape index (κ2) is 8.40. The molecule has 0 amide bonds. The van der Waals surface area contributed by atoms with Crippen molar-refractivity contribution in [3.05, 3.63) is 59.4 Å². The average Bonchev–Trinajstić information content (AvgIpc) is 3.20. The van der Waals surface area contributed by atoms with Crippen molar-refractivity contribution >= 4 is 27.3 Å². The highest BCUT2D eigenvalue weighted by Gasteiger charge is 2.33. The minimum absolute atomic E-state index is 0.0479. The lowest BCUT2D eigenvalue weighted by molar-refractivity contribution is 0.380. The van der Waals surface area contributed by atoms with Crippen molar-refractivity contribution in [2.24, 2.45) is 5.92 Å². The Morgan fingerprint density at radius 3 is 2.43 bits per heavy atom. The molecule has 0 N–H and O–H groups in total. The monoisotopic (exact) mass is 448 g/mol. The van der Waals surface area contributed by atoms with E-state index < -0.39 is 15.7 Å². The third-order valence-corrected chi connectivity index (χ3v) is 7.46. The highest BCUT2D eigenvalue weighted by Crippen LogP contribution is 2.37. The van der Waals surface area contributed by atoms with Crippen molar-refractivity contribution in [1.29, 1.82) is 0 Å². The lowest BCUT2D eigenvalue weighted by atomic mass is 9.95. The predicted molar refractivity (Wildman–Crippen MR) is 114 cm³/mol. The van der Waals surface area contributed by atoms with E-state index in [0.717, 1.165) is 19.3 Å². The zero-order valence-electron chi connectivity index (χ0n) is 16.5. The van der Waals surface area contributed by atoms with E-state index in [4.69, 9.17) is 16.0 Å². The number of piperidine rings is 1. The molecule has 1 saturated heterocycles. The van der Waals surface area contributed by atoms with Crippen molar-refractivity contribution in [1.82, 2.24) is 4.98 Å². The molecule has 8 heteroatoms. The van der Waals surface area contributed by atoms with Crippen LogP contribution >= 0.6 is 11.6 Å². The number of oxazole rings is 1. The van der Waals surface area contributed by atoms with E-state index in [2.05, 4.69) is 11.9 Å². The van der Waals surface area contributed by atoms with E-state index in [1.54, 1.807) is 12.1 Å². The Hall–Kier alpha value is -2.38. The maximum Gasteiger partial charge on any atom is 0.236 e. The number of sulfone groups is 1. The van der Waals surface area contributed by atoms with Gasteiger partial charge in [0.25, 0.3) is 0 Å². The number of anilines is 1. The van der Waals surface area contributed by atoms with Gasteiger partial charge in [-0.25, -0.2) is 12.8 Å². The molecule has 30 heavy (non-hydrogen) atoms. The molecule has 4 rings (SSSR count). The smallest absolute Gasteiger partial charge is 0.236 e. The quantitative estimate of drug-likeness (QED) is 0.508. The summed E-state index contributed by atoms with van der Waals surface area (Å²) >= 11 is 5.91. The van der Waals surface area contributed by atoms with Crippen LogP contribution in [-0.2, 0) is 9.84 Å². The third kappa shape index (κ3) is 3.96. The fourth-order valence-corrected chi connectivity index (χ4v) is 5.14. The SMILES string of the molecule is CCC1CCN(c2oc(-c3ccccc3F)nc2S(=O)(=O)c2ccc(Cl)cc2)CC1. The Labute approximate surface area is 180 Å². The second-order valence-corrected chi connectivity index (χ2v) is 9.71. The lowest BCUT2D eigenvalue weighted by Crippen LogP contribution is -2.34. The van der Waals surface area contributed by atoms with Crippen LogP contribution in [0.1, 0.15) is 26.2 Å². The van der Waals surface area contributed by atoms with Crippen molar-refractivity contribution in [2.45, 2.75) is 36.1 Å². The van der Waals surface area contributed by atoms with E-state index in [1.165, 1.54) is 36.4 Å². The van der Waals surface area contributed by atoms with Gasteiger partial charge in [0.1, 0.15) is 5.82 Å². The molecule has 1 fully saturated rings. The van der Waals surface area contributed by atoms with Gasteiger partial charge in [-0.1, -0.05) is 37.1 Å². The van der Waals surface area contributed by atoms with E-state index in [-0.39, 0.29) is 27.3 Å². The van der Waals surface area contributed by atoms with E-state index >= 15 is 0 Å². The fraction of sp³-hybridized carbons (Fsp3) is 0.318. The normalized spacial score (nSPS) is 15.5. The summed E-state index contributed by atoms with van der Waals surface area (Å²) in [6, 6.07) is 11.9. The average molecular weight is 449 g/mol. The predicted octanol–water partition coefficient (Wildman–Crippen LogP) is 5.59. The Kier molecular flexibility index (Phi) is 5.84. The molecule has 0 radical (unpaired) electrons. The highest BCUT2D eigenvalue weighted by molar-refractivity contribution is 7.91. The van der Waals surface area contributed by atoms with Crippen LogP contribution in [0.25, 0.3) is 11.5 Å². The molecule has 0 bridgehead atoms. The molecule has 1 aliphatic rings. The first-order valence-corrected chi connectivity index (χ1v) is 11.8. The van der Waals surface area contributed by atoms with Gasteiger partial charge in [-0.05, 0) is 55.2 Å². The second-order valence-electron chi connectivity index (χ2n) is 7.41. The summed E-state index contributed by atoms with van der Waals surface area (Å²) in [4.78, 5) is 6.21. The third-order valence-electron chi connectivity index (χ3n) is 5.54. The van der Waals surface area contributed by atoms with Crippen molar-refractivity contribution in [2.75, 3.05) is 18.0 Å². The van der Waals surface area contributed by atoms with Crippen molar-refractivity contribution in [3.63, 3.8) is 0 Å². The Morgan fingerprint density at radius 2 is 1.80 bits per heavy atom. The van der Waals surface area contributed by atoms with Crippen LogP contribution in [0.15, 0.2) is 62.9 Å². The molecule has 158 valence electrons. The first-order chi connectivity index (χ1) is 14.4. The zero-order chi connectivity index (χ0) is 21.3. The summed E-state index contributed by atoms with van der Waals surface area (Å²) in [6.07, 6.45) is 2.96. The molecule has 2 heterocycles. The number of hydrogen-bond donors (Lipinski definition) is 0. The topological polar surface area (TPSA) is 63.4 Å². The molecule has 0 spiro atoms. The van der Waals surface area contributed by atoms with Gasteiger partial charge in [-0.15, -0.1) is 0 Å². The molecule has 2 aromatic carbocycles. The number of rotatable bonds is 5. The highest BCUT2D eigenvalue weighted by atomic mass is 35.5. The van der Waals surface area contributed by atoms with Crippen molar-refractivity contribution < 1.29 is 17.2 Å². The maximum absolute atomic E-state index is 14.3. The van der Waals surface area contributed by atoms with Crippen LogP contribution in [-0.4, -0.2) is 26.5 Å².